The van der Waals surface area contributed by atoms with E-state index >= 15 is 0 Å². The fourth-order valence-corrected chi connectivity index (χ4v) is 4.38. The van der Waals surface area contributed by atoms with Crippen LogP contribution in [0.3, 0.4) is 0 Å². The first-order chi connectivity index (χ1) is 13.9. The van der Waals surface area contributed by atoms with Crippen molar-refractivity contribution in [3.8, 4) is 5.75 Å². The lowest BCUT2D eigenvalue weighted by Gasteiger charge is -2.34. The molecular weight excluding hydrogens is 400 g/mol. The van der Waals surface area contributed by atoms with E-state index in [1.807, 2.05) is 32.0 Å². The van der Waals surface area contributed by atoms with E-state index in [1.165, 1.54) is 9.87 Å². The van der Waals surface area contributed by atoms with Gasteiger partial charge in [-0.3, -0.25) is 9.10 Å². The molecule has 2 atom stereocenters. The van der Waals surface area contributed by atoms with Gasteiger partial charge in [-0.05, 0) is 48.1 Å². The topological polar surface area (TPSA) is 75.7 Å². The van der Waals surface area contributed by atoms with Gasteiger partial charge >= 0.3 is 0 Å². The Balaban J connectivity index is 1.77. The number of ether oxygens (including phenoxy) is 1. The van der Waals surface area contributed by atoms with Crippen molar-refractivity contribution in [1.82, 2.24) is 5.32 Å². The molecule has 0 bridgehead atoms. The number of aryl methyl sites for hydroxylation is 1. The summed E-state index contributed by atoms with van der Waals surface area (Å²) in [5.41, 5.74) is 3.63. The SMILES string of the molecule is Cc1ccc2c(c1)N(S(C)(=O)=O)C[C@H](C(=O)N[C@@H](C)c1ccc(C(C)(C)C)cc1)O2. The number of hydrogen-bond acceptors (Lipinski definition) is 4. The average Bonchev–Trinajstić information content (AvgIpc) is 2.65. The van der Waals surface area contributed by atoms with Crippen LogP contribution in [0.1, 0.15) is 50.4 Å². The summed E-state index contributed by atoms with van der Waals surface area (Å²) in [5.74, 6) is 0.0434. The van der Waals surface area contributed by atoms with Crippen molar-refractivity contribution in [2.75, 3.05) is 17.1 Å². The molecule has 1 amide bonds. The van der Waals surface area contributed by atoms with Crippen molar-refractivity contribution in [1.29, 1.82) is 0 Å². The van der Waals surface area contributed by atoms with Crippen molar-refractivity contribution in [2.45, 2.75) is 52.2 Å². The van der Waals surface area contributed by atoms with Crippen molar-refractivity contribution < 1.29 is 17.9 Å². The summed E-state index contributed by atoms with van der Waals surface area (Å²) in [7, 11) is -3.55. The first-order valence-electron chi connectivity index (χ1n) is 10.0. The summed E-state index contributed by atoms with van der Waals surface area (Å²) in [6.07, 6.45) is 0.213. The first-order valence-corrected chi connectivity index (χ1v) is 11.9. The van der Waals surface area contributed by atoms with Crippen LogP contribution in [0.4, 0.5) is 5.69 Å². The van der Waals surface area contributed by atoms with Gasteiger partial charge in [0.2, 0.25) is 10.0 Å². The largest absolute Gasteiger partial charge is 0.476 e. The fourth-order valence-electron chi connectivity index (χ4n) is 3.47. The van der Waals surface area contributed by atoms with E-state index < -0.39 is 16.1 Å². The van der Waals surface area contributed by atoms with Crippen LogP contribution >= 0.6 is 0 Å². The third-order valence-corrected chi connectivity index (χ3v) is 6.46. The molecule has 0 fully saturated rings. The van der Waals surface area contributed by atoms with Gasteiger partial charge in [0.15, 0.2) is 6.10 Å². The molecule has 6 nitrogen and oxygen atoms in total. The molecule has 7 heteroatoms. The molecule has 0 saturated heterocycles. The zero-order valence-electron chi connectivity index (χ0n) is 18.4. The molecule has 1 aliphatic heterocycles. The number of amides is 1. The van der Waals surface area contributed by atoms with E-state index in [-0.39, 0.29) is 23.9 Å². The number of rotatable bonds is 4. The normalized spacial score (nSPS) is 17.7. The third kappa shape index (κ3) is 4.78. The number of anilines is 1. The number of benzene rings is 2. The predicted molar refractivity (Wildman–Crippen MR) is 119 cm³/mol. The van der Waals surface area contributed by atoms with Gasteiger partial charge in [-0.2, -0.15) is 0 Å². The number of carbonyl (C=O) groups excluding carboxylic acids is 1. The number of carbonyl (C=O) groups is 1. The summed E-state index contributed by atoms with van der Waals surface area (Å²) >= 11 is 0. The van der Waals surface area contributed by atoms with Crippen LogP contribution < -0.4 is 14.4 Å². The molecule has 1 aliphatic rings. The van der Waals surface area contributed by atoms with Crippen molar-refractivity contribution >= 4 is 21.6 Å². The minimum atomic E-state index is -3.55. The summed E-state index contributed by atoms with van der Waals surface area (Å²) in [5, 5.41) is 2.95. The van der Waals surface area contributed by atoms with Gasteiger partial charge in [0.25, 0.3) is 5.91 Å². The molecule has 1 heterocycles. The van der Waals surface area contributed by atoms with E-state index in [1.54, 1.807) is 12.1 Å². The maximum atomic E-state index is 12.9. The van der Waals surface area contributed by atoms with Gasteiger partial charge in [0.05, 0.1) is 24.5 Å². The van der Waals surface area contributed by atoms with Gasteiger partial charge in [-0.1, -0.05) is 51.1 Å². The Morgan fingerprint density at radius 2 is 1.80 bits per heavy atom. The smallest absolute Gasteiger partial charge is 0.263 e. The second-order valence-electron chi connectivity index (χ2n) is 8.97. The quantitative estimate of drug-likeness (QED) is 0.803. The minimum absolute atomic E-state index is 0.0573. The number of hydrogen-bond donors (Lipinski definition) is 1. The lowest BCUT2D eigenvalue weighted by Crippen LogP contribution is -2.50. The van der Waals surface area contributed by atoms with Gasteiger partial charge in [-0.15, -0.1) is 0 Å². The molecule has 3 rings (SSSR count). The molecule has 0 aromatic heterocycles. The first kappa shape index (κ1) is 22.2. The van der Waals surface area contributed by atoms with E-state index in [0.29, 0.717) is 11.4 Å². The summed E-state index contributed by atoms with van der Waals surface area (Å²) in [6, 6.07) is 13.2. The number of sulfonamides is 1. The highest BCUT2D eigenvalue weighted by Gasteiger charge is 2.35. The van der Waals surface area contributed by atoms with Crippen LogP contribution in [0.5, 0.6) is 5.75 Å². The Morgan fingerprint density at radius 1 is 1.17 bits per heavy atom. The minimum Gasteiger partial charge on any atom is -0.476 e. The van der Waals surface area contributed by atoms with Gasteiger partial charge < -0.3 is 10.1 Å². The monoisotopic (exact) mass is 430 g/mol. The van der Waals surface area contributed by atoms with Crippen LogP contribution in [-0.4, -0.2) is 33.2 Å². The Morgan fingerprint density at radius 3 is 2.37 bits per heavy atom. The maximum absolute atomic E-state index is 12.9. The van der Waals surface area contributed by atoms with Crippen molar-refractivity contribution in [2.24, 2.45) is 0 Å². The molecule has 0 radical (unpaired) electrons. The second-order valence-corrected chi connectivity index (χ2v) is 10.9. The molecule has 0 saturated carbocycles. The molecule has 162 valence electrons. The fraction of sp³-hybridized carbons (Fsp3) is 0.435. The Labute approximate surface area is 179 Å². The average molecular weight is 431 g/mol. The molecule has 0 spiro atoms. The predicted octanol–water partition coefficient (Wildman–Crippen LogP) is 3.70. The molecule has 30 heavy (non-hydrogen) atoms. The Kier molecular flexibility index (Phi) is 5.87. The second kappa shape index (κ2) is 7.95. The van der Waals surface area contributed by atoms with E-state index in [0.717, 1.165) is 17.4 Å². The molecule has 1 N–H and O–H groups in total. The van der Waals surface area contributed by atoms with Crippen LogP contribution in [0.25, 0.3) is 0 Å². The van der Waals surface area contributed by atoms with Gasteiger partial charge in [0, 0.05) is 0 Å². The number of nitrogens with one attached hydrogen (secondary N) is 1. The number of fused-ring (bicyclic) bond motifs is 1. The van der Waals surface area contributed by atoms with Crippen LogP contribution in [-0.2, 0) is 20.2 Å². The lowest BCUT2D eigenvalue weighted by molar-refractivity contribution is -0.128. The van der Waals surface area contributed by atoms with Gasteiger partial charge in [0.1, 0.15) is 5.75 Å². The summed E-state index contributed by atoms with van der Waals surface area (Å²) in [6.45, 7) is 10.2. The van der Waals surface area contributed by atoms with E-state index in [2.05, 4.69) is 38.2 Å². The highest BCUT2D eigenvalue weighted by atomic mass is 32.2. The highest BCUT2D eigenvalue weighted by molar-refractivity contribution is 7.92. The molecule has 2 aromatic rings. The number of nitrogens with zero attached hydrogens (tertiary/aromatic N) is 1. The van der Waals surface area contributed by atoms with Crippen LogP contribution in [0, 0.1) is 6.92 Å². The molecule has 0 unspecified atom stereocenters. The Bertz CT molecular complexity index is 1040. The third-order valence-electron chi connectivity index (χ3n) is 5.31. The zero-order chi connectivity index (χ0) is 22.3. The molecule has 0 aliphatic carbocycles. The molecular formula is C23H30N2O4S. The Hall–Kier alpha value is -2.54. The maximum Gasteiger partial charge on any atom is 0.263 e. The van der Waals surface area contributed by atoms with Crippen LogP contribution in [0.15, 0.2) is 42.5 Å². The van der Waals surface area contributed by atoms with Crippen LogP contribution in [0.2, 0.25) is 0 Å². The van der Waals surface area contributed by atoms with E-state index in [9.17, 15) is 13.2 Å². The zero-order valence-corrected chi connectivity index (χ0v) is 19.2. The van der Waals surface area contributed by atoms with Crippen molar-refractivity contribution in [3.63, 3.8) is 0 Å². The van der Waals surface area contributed by atoms with Crippen molar-refractivity contribution in [3.05, 3.63) is 59.2 Å². The van der Waals surface area contributed by atoms with Gasteiger partial charge in [-0.25, -0.2) is 8.42 Å². The summed E-state index contributed by atoms with van der Waals surface area (Å²) < 4.78 is 31.7. The lowest BCUT2D eigenvalue weighted by atomic mass is 9.86. The highest BCUT2D eigenvalue weighted by Crippen LogP contribution is 2.36. The standard InChI is InChI=1S/C23H30N2O4S/c1-15-7-12-20-19(13-15)25(30(6,27)28)14-21(29-20)22(26)24-16(2)17-8-10-18(11-9-17)23(3,4)5/h7-13,16,21H,14H2,1-6H3,(H,24,26)/t16-,21+/m0/s1. The van der Waals surface area contributed by atoms with E-state index in [4.69, 9.17) is 4.74 Å². The summed E-state index contributed by atoms with van der Waals surface area (Å²) in [4.78, 5) is 12.9. The molecule has 2 aromatic carbocycles.